The Labute approximate surface area is 157 Å². The monoisotopic (exact) mass is 383 g/mol. The maximum atomic E-state index is 11.3. The summed E-state index contributed by atoms with van der Waals surface area (Å²) >= 11 is 12.2. The largest absolute Gasteiger partial charge is 0.468 e. The van der Waals surface area contributed by atoms with Crippen LogP contribution in [-0.2, 0) is 16.0 Å². The minimum Gasteiger partial charge on any atom is -0.468 e. The number of ether oxygens (including phenoxy) is 1. The van der Waals surface area contributed by atoms with E-state index in [9.17, 15) is 4.79 Å². The van der Waals surface area contributed by atoms with Crippen molar-refractivity contribution in [3.63, 3.8) is 0 Å². The van der Waals surface area contributed by atoms with E-state index in [1.807, 2.05) is 24.3 Å². The molecule has 2 aromatic carbocycles. The van der Waals surface area contributed by atoms with Crippen molar-refractivity contribution in [1.29, 1.82) is 0 Å². The van der Waals surface area contributed by atoms with E-state index >= 15 is 0 Å². The highest BCUT2D eigenvalue weighted by Crippen LogP contribution is 2.23. The van der Waals surface area contributed by atoms with Gasteiger partial charge in [-0.3, -0.25) is 4.79 Å². The second kappa shape index (κ2) is 9.56. The standard InChI is InChI=1S/C18H15Cl2NO2.ClH/c1-23-18(22)17(21)11-13-7-5-12(6-8-13)9-10-14-15(19)3-2-4-16(14)20;/h2-8,17H,11,21H2,1H3;1H/t17-;/m0./s1. The molecule has 0 unspecified atom stereocenters. The maximum absolute atomic E-state index is 11.3. The van der Waals surface area contributed by atoms with Gasteiger partial charge in [0.15, 0.2) is 0 Å². The average Bonchev–Trinajstić information content (AvgIpc) is 2.55. The molecule has 0 aliphatic rings. The highest BCUT2D eigenvalue weighted by atomic mass is 35.5. The van der Waals surface area contributed by atoms with E-state index in [0.29, 0.717) is 22.0 Å². The van der Waals surface area contributed by atoms with E-state index in [2.05, 4.69) is 16.6 Å². The Morgan fingerprint density at radius 3 is 2.25 bits per heavy atom. The first-order valence-electron chi connectivity index (χ1n) is 6.89. The van der Waals surface area contributed by atoms with Crippen molar-refractivity contribution >= 4 is 41.6 Å². The van der Waals surface area contributed by atoms with Crippen molar-refractivity contribution in [3.8, 4) is 11.8 Å². The molecule has 0 radical (unpaired) electrons. The molecule has 126 valence electrons. The molecule has 1 atom stereocenters. The van der Waals surface area contributed by atoms with Crippen LogP contribution in [0.2, 0.25) is 10.0 Å². The molecule has 0 saturated heterocycles. The Hall–Kier alpha value is -1.70. The van der Waals surface area contributed by atoms with Crippen LogP contribution in [0.25, 0.3) is 0 Å². The predicted molar refractivity (Wildman–Crippen MR) is 99.8 cm³/mol. The summed E-state index contributed by atoms with van der Waals surface area (Å²) in [6.07, 6.45) is 0.413. The summed E-state index contributed by atoms with van der Waals surface area (Å²) in [6.45, 7) is 0. The summed E-state index contributed by atoms with van der Waals surface area (Å²) in [5, 5.41) is 1.04. The van der Waals surface area contributed by atoms with E-state index in [4.69, 9.17) is 28.9 Å². The molecule has 2 rings (SSSR count). The fourth-order valence-corrected chi connectivity index (χ4v) is 2.46. The SMILES string of the molecule is COC(=O)[C@@H](N)Cc1ccc(C#Cc2c(Cl)cccc2Cl)cc1.Cl. The van der Waals surface area contributed by atoms with Gasteiger partial charge >= 0.3 is 5.97 Å². The summed E-state index contributed by atoms with van der Waals surface area (Å²) in [5.41, 5.74) is 8.09. The Morgan fingerprint density at radius 1 is 1.12 bits per heavy atom. The minimum atomic E-state index is -0.668. The molecule has 0 bridgehead atoms. The van der Waals surface area contributed by atoms with Gasteiger partial charge in [-0.05, 0) is 36.2 Å². The molecule has 3 nitrogen and oxygen atoms in total. The third kappa shape index (κ3) is 5.43. The number of hydrogen-bond donors (Lipinski definition) is 1. The van der Waals surface area contributed by atoms with E-state index < -0.39 is 12.0 Å². The number of carbonyl (C=O) groups excluding carboxylic acids is 1. The molecule has 0 aromatic heterocycles. The van der Waals surface area contributed by atoms with Gasteiger partial charge in [0.25, 0.3) is 0 Å². The molecule has 0 saturated carbocycles. The van der Waals surface area contributed by atoms with Crippen LogP contribution < -0.4 is 5.73 Å². The maximum Gasteiger partial charge on any atom is 0.322 e. The summed E-state index contributed by atoms with van der Waals surface area (Å²) in [4.78, 5) is 11.3. The van der Waals surface area contributed by atoms with Gasteiger partial charge in [-0.2, -0.15) is 0 Å². The summed E-state index contributed by atoms with van der Waals surface area (Å²) in [6, 6.07) is 12.1. The third-order valence-electron chi connectivity index (χ3n) is 3.21. The zero-order chi connectivity index (χ0) is 16.8. The van der Waals surface area contributed by atoms with Crippen LogP contribution in [0.15, 0.2) is 42.5 Å². The lowest BCUT2D eigenvalue weighted by atomic mass is 10.0. The Kier molecular flexibility index (Phi) is 8.10. The fourth-order valence-electron chi connectivity index (χ4n) is 1.96. The molecule has 0 spiro atoms. The molecule has 24 heavy (non-hydrogen) atoms. The normalized spacial score (nSPS) is 10.8. The van der Waals surface area contributed by atoms with Gasteiger partial charge in [0.05, 0.1) is 22.7 Å². The van der Waals surface area contributed by atoms with Crippen molar-refractivity contribution in [1.82, 2.24) is 0 Å². The number of benzene rings is 2. The lowest BCUT2D eigenvalue weighted by Gasteiger charge is -2.08. The number of nitrogens with two attached hydrogens (primary N) is 1. The van der Waals surface area contributed by atoms with E-state index in [-0.39, 0.29) is 12.4 Å². The first-order valence-corrected chi connectivity index (χ1v) is 7.65. The molecular formula is C18H16Cl3NO2. The van der Waals surface area contributed by atoms with Gasteiger partial charge in [-0.25, -0.2) is 0 Å². The van der Waals surface area contributed by atoms with Crippen molar-refractivity contribution in [2.75, 3.05) is 7.11 Å². The molecule has 2 N–H and O–H groups in total. The minimum absolute atomic E-state index is 0. The van der Waals surface area contributed by atoms with Crippen molar-refractivity contribution in [3.05, 3.63) is 69.2 Å². The van der Waals surface area contributed by atoms with Crippen LogP contribution >= 0.6 is 35.6 Å². The van der Waals surface area contributed by atoms with Crippen LogP contribution in [0, 0.1) is 11.8 Å². The molecule has 0 aliphatic carbocycles. The molecular weight excluding hydrogens is 369 g/mol. The van der Waals surface area contributed by atoms with Gasteiger partial charge in [0.2, 0.25) is 0 Å². The van der Waals surface area contributed by atoms with Crippen LogP contribution in [0.3, 0.4) is 0 Å². The van der Waals surface area contributed by atoms with Gasteiger partial charge in [0.1, 0.15) is 6.04 Å². The molecule has 0 fully saturated rings. The summed E-state index contributed by atoms with van der Waals surface area (Å²) in [7, 11) is 1.32. The van der Waals surface area contributed by atoms with Gasteiger partial charge in [-0.15, -0.1) is 12.4 Å². The summed E-state index contributed by atoms with van der Waals surface area (Å²) < 4.78 is 4.61. The van der Waals surface area contributed by atoms with Crippen molar-refractivity contribution in [2.45, 2.75) is 12.5 Å². The zero-order valence-corrected chi connectivity index (χ0v) is 15.2. The Morgan fingerprint density at radius 2 is 1.71 bits per heavy atom. The highest BCUT2D eigenvalue weighted by Gasteiger charge is 2.13. The predicted octanol–water partition coefficient (Wildman–Crippen LogP) is 3.86. The van der Waals surface area contributed by atoms with Crippen molar-refractivity contribution in [2.24, 2.45) is 5.73 Å². The zero-order valence-electron chi connectivity index (χ0n) is 12.9. The lowest BCUT2D eigenvalue weighted by Crippen LogP contribution is -2.33. The van der Waals surface area contributed by atoms with E-state index in [0.717, 1.165) is 11.1 Å². The van der Waals surface area contributed by atoms with E-state index in [1.165, 1.54) is 7.11 Å². The van der Waals surface area contributed by atoms with Gasteiger partial charge in [-0.1, -0.05) is 53.2 Å². The molecule has 0 heterocycles. The van der Waals surface area contributed by atoms with Gasteiger partial charge < -0.3 is 10.5 Å². The number of carbonyl (C=O) groups is 1. The molecule has 2 aromatic rings. The van der Waals surface area contributed by atoms with Crippen LogP contribution in [-0.4, -0.2) is 19.1 Å². The quantitative estimate of drug-likeness (QED) is 0.646. The highest BCUT2D eigenvalue weighted by molar-refractivity contribution is 6.36. The fraction of sp³-hybridized carbons (Fsp3) is 0.167. The second-order valence-electron chi connectivity index (χ2n) is 4.88. The number of hydrogen-bond acceptors (Lipinski definition) is 3. The van der Waals surface area contributed by atoms with Gasteiger partial charge in [0, 0.05) is 5.56 Å². The molecule has 6 heteroatoms. The van der Waals surface area contributed by atoms with Crippen LogP contribution in [0.4, 0.5) is 0 Å². The summed E-state index contributed by atoms with van der Waals surface area (Å²) in [5.74, 6) is 5.56. The molecule has 0 amide bonds. The number of rotatable bonds is 3. The van der Waals surface area contributed by atoms with Crippen LogP contribution in [0.5, 0.6) is 0 Å². The van der Waals surface area contributed by atoms with Crippen LogP contribution in [0.1, 0.15) is 16.7 Å². The lowest BCUT2D eigenvalue weighted by molar-refractivity contribution is -0.142. The first-order chi connectivity index (χ1) is 11.0. The first kappa shape index (κ1) is 20.3. The third-order valence-corrected chi connectivity index (χ3v) is 3.84. The number of halogens is 3. The number of esters is 1. The Balaban J connectivity index is 0.00000288. The van der Waals surface area contributed by atoms with Crippen molar-refractivity contribution < 1.29 is 9.53 Å². The average molecular weight is 385 g/mol. The topological polar surface area (TPSA) is 52.3 Å². The van der Waals surface area contributed by atoms with E-state index in [1.54, 1.807) is 18.2 Å². The second-order valence-corrected chi connectivity index (χ2v) is 5.69. The molecule has 0 aliphatic heterocycles. The smallest absolute Gasteiger partial charge is 0.322 e. The number of methoxy groups -OCH3 is 1. The Bertz CT molecular complexity index is 744.